The molecule has 1 atom stereocenters. The topological polar surface area (TPSA) is 102 Å². The Bertz CT molecular complexity index is 1290. The monoisotopic (exact) mass is 507 g/mol. The summed E-state index contributed by atoms with van der Waals surface area (Å²) in [5, 5.41) is 12.5. The Morgan fingerprint density at radius 3 is 2.51 bits per heavy atom. The predicted molar refractivity (Wildman–Crippen MR) is 125 cm³/mol. The summed E-state index contributed by atoms with van der Waals surface area (Å²) in [7, 11) is 0. The van der Waals surface area contributed by atoms with E-state index in [9.17, 15) is 22.8 Å². The van der Waals surface area contributed by atoms with Gasteiger partial charge in [-0.3, -0.25) is 4.79 Å². The van der Waals surface area contributed by atoms with Crippen molar-refractivity contribution in [2.75, 3.05) is 6.61 Å². The molecule has 4 rings (SSSR count). The molecule has 0 bridgehead atoms. The van der Waals surface area contributed by atoms with Gasteiger partial charge >= 0.3 is 11.9 Å². The van der Waals surface area contributed by atoms with Gasteiger partial charge in [0.2, 0.25) is 0 Å². The van der Waals surface area contributed by atoms with Gasteiger partial charge in [-0.25, -0.2) is 9.89 Å². The largest absolute Gasteiger partial charge is 0.494 e. The summed E-state index contributed by atoms with van der Waals surface area (Å²) < 4.78 is 43.3. The fourth-order valence-corrected chi connectivity index (χ4v) is 4.98. The highest BCUT2D eigenvalue weighted by Gasteiger charge is 2.39. The Balaban J connectivity index is 1.61. The maximum atomic E-state index is 13.3. The molecule has 0 saturated heterocycles. The van der Waals surface area contributed by atoms with Crippen LogP contribution in [-0.2, 0) is 16.8 Å². The van der Waals surface area contributed by atoms with Crippen LogP contribution in [0.15, 0.2) is 41.2 Å². The maximum Gasteiger partial charge on any atom is 0.389 e. The Kier molecular flexibility index (Phi) is 6.84. The lowest BCUT2D eigenvalue weighted by molar-refractivity contribution is -0.136. The average Bonchev–Trinajstić information content (AvgIpc) is 3.45. The number of hydrogen-bond acceptors (Lipinski definition) is 6. The number of amides is 1. The van der Waals surface area contributed by atoms with Crippen LogP contribution in [0, 0.1) is 0 Å². The third-order valence-corrected chi connectivity index (χ3v) is 7.07. The predicted octanol–water partition coefficient (Wildman–Crippen LogP) is 4.12. The van der Waals surface area contributed by atoms with Crippen molar-refractivity contribution < 1.29 is 22.7 Å². The van der Waals surface area contributed by atoms with Crippen molar-refractivity contribution in [2.45, 2.75) is 51.2 Å². The van der Waals surface area contributed by atoms with Crippen LogP contribution in [-0.4, -0.2) is 38.9 Å². The Labute approximate surface area is 202 Å². The first kappa shape index (κ1) is 24.7. The minimum atomic E-state index is -4.21. The fourth-order valence-electron chi connectivity index (χ4n) is 3.99. The number of benzene rings is 1. The van der Waals surface area contributed by atoms with Gasteiger partial charge in [-0.05, 0) is 60.0 Å². The maximum absolute atomic E-state index is 13.3. The number of ether oxygens (including phenoxy) is 1. The zero-order chi connectivity index (χ0) is 25.2. The molecule has 0 spiro atoms. The zero-order valence-electron chi connectivity index (χ0n) is 19.1. The molecule has 0 saturated carbocycles. The number of alkyl halides is 3. The van der Waals surface area contributed by atoms with E-state index < -0.39 is 29.7 Å². The zero-order valence-corrected chi connectivity index (χ0v) is 19.9. The first-order valence-corrected chi connectivity index (χ1v) is 11.9. The van der Waals surface area contributed by atoms with Crippen molar-refractivity contribution in [3.63, 3.8) is 0 Å². The quantitative estimate of drug-likeness (QED) is 0.447. The number of halogens is 3. The number of H-pyrrole nitrogens is 1. The van der Waals surface area contributed by atoms with Crippen molar-refractivity contribution >= 4 is 28.5 Å². The number of aromatic amines is 1. The molecular weight excluding hydrogens is 483 g/mol. The van der Waals surface area contributed by atoms with Gasteiger partial charge in [0.05, 0.1) is 12.1 Å². The lowest BCUT2D eigenvalue weighted by atomic mass is 9.81. The van der Waals surface area contributed by atoms with Crippen LogP contribution in [0.25, 0.3) is 11.3 Å². The van der Waals surface area contributed by atoms with Gasteiger partial charge < -0.3 is 10.1 Å². The number of tetrazole rings is 1. The summed E-state index contributed by atoms with van der Waals surface area (Å²) in [6, 6.07) is 10.8. The number of thiophene rings is 1. The number of carbonyl (C=O) groups excluding carboxylic acids is 1. The molecule has 2 aromatic heterocycles. The van der Waals surface area contributed by atoms with Crippen molar-refractivity contribution in [3.05, 3.63) is 62.2 Å². The second-order valence-corrected chi connectivity index (χ2v) is 9.59. The molecule has 8 nitrogen and oxygen atoms in total. The smallest absolute Gasteiger partial charge is 0.389 e. The van der Waals surface area contributed by atoms with Gasteiger partial charge in [0.15, 0.2) is 0 Å². The summed E-state index contributed by atoms with van der Waals surface area (Å²) in [5.74, 6) is -0.0261. The van der Waals surface area contributed by atoms with Gasteiger partial charge in [-0.2, -0.15) is 17.9 Å². The number of aryl methyl sites for hydroxylation is 1. The van der Waals surface area contributed by atoms with Crippen molar-refractivity contribution in [1.29, 1.82) is 0 Å². The normalized spacial score (nSPS) is 18.6. The molecule has 0 radical (unpaired) electrons. The van der Waals surface area contributed by atoms with Gasteiger partial charge in [0.25, 0.3) is 5.91 Å². The van der Waals surface area contributed by atoms with E-state index in [1.165, 1.54) is 0 Å². The summed E-state index contributed by atoms with van der Waals surface area (Å²) in [6.07, 6.45) is -4.02. The molecule has 1 aliphatic rings. The molecule has 1 aliphatic heterocycles. The van der Waals surface area contributed by atoms with Crippen molar-refractivity contribution in [1.82, 2.24) is 25.5 Å². The van der Waals surface area contributed by atoms with E-state index >= 15 is 0 Å². The van der Waals surface area contributed by atoms with Crippen LogP contribution < -0.4 is 15.7 Å². The highest BCUT2D eigenvalue weighted by atomic mass is 32.1. The lowest BCUT2D eigenvalue weighted by Crippen LogP contribution is -2.49. The van der Waals surface area contributed by atoms with E-state index in [0.717, 1.165) is 26.4 Å². The average molecular weight is 508 g/mol. The molecule has 3 aromatic rings. The van der Waals surface area contributed by atoms with E-state index in [4.69, 9.17) is 4.74 Å². The molecule has 2 N–H and O–H groups in total. The number of rotatable bonds is 8. The number of nitrogens with one attached hydrogen (secondary N) is 2. The second kappa shape index (κ2) is 9.68. The van der Waals surface area contributed by atoms with Crippen LogP contribution in [0.4, 0.5) is 13.2 Å². The Morgan fingerprint density at radius 2 is 1.91 bits per heavy atom. The molecule has 0 aliphatic carbocycles. The van der Waals surface area contributed by atoms with Crippen molar-refractivity contribution in [3.8, 4) is 5.75 Å². The lowest BCUT2D eigenvalue weighted by Gasteiger charge is -2.37. The Morgan fingerprint density at radius 1 is 1.17 bits per heavy atom. The second-order valence-electron chi connectivity index (χ2n) is 8.42. The van der Waals surface area contributed by atoms with E-state index in [0.29, 0.717) is 17.7 Å². The first-order valence-electron chi connectivity index (χ1n) is 11.1. The molecule has 0 unspecified atom stereocenters. The van der Waals surface area contributed by atoms with Crippen LogP contribution >= 0.6 is 11.3 Å². The van der Waals surface area contributed by atoms with Crippen LogP contribution in [0.1, 0.15) is 48.4 Å². The van der Waals surface area contributed by atoms with E-state index in [1.54, 1.807) is 35.6 Å². The van der Waals surface area contributed by atoms with Gasteiger partial charge in [-0.1, -0.05) is 19.1 Å². The number of aromatic nitrogens is 4. The highest BCUT2D eigenvalue weighted by molar-refractivity contribution is 7.13. The molecule has 35 heavy (non-hydrogen) atoms. The molecule has 3 heterocycles. The van der Waals surface area contributed by atoms with Crippen molar-refractivity contribution in [2.24, 2.45) is 0 Å². The molecule has 0 fully saturated rings. The van der Waals surface area contributed by atoms with E-state index in [1.807, 2.05) is 26.0 Å². The minimum absolute atomic E-state index is 0.0479. The van der Waals surface area contributed by atoms with Gasteiger partial charge in [-0.15, -0.1) is 11.3 Å². The molecule has 12 heteroatoms. The standard InChI is InChI=1S/C23H24F3N5O3S/c1-3-16-9-10-18(35-16)17-13-22(2,27-20(32)19(17)31-21(33)28-29-30-31)14-5-7-15(8-6-14)34-12-4-11-23(24,25)26/h5-10H,3-4,11-13H2,1-2H3,(H,27,32)(H,28,30,33)/t22-/m0/s1. The molecule has 186 valence electrons. The van der Waals surface area contributed by atoms with Gasteiger partial charge in [0, 0.05) is 28.2 Å². The van der Waals surface area contributed by atoms with Crippen LogP contribution in [0.5, 0.6) is 5.75 Å². The SMILES string of the molecule is CCc1ccc(C2=C(n3nn[nH]c3=O)C(=O)N[C@](C)(c3ccc(OCCCC(F)(F)F)cc3)C2)s1. The highest BCUT2D eigenvalue weighted by Crippen LogP contribution is 2.41. The third-order valence-electron chi connectivity index (χ3n) is 5.78. The minimum Gasteiger partial charge on any atom is -0.494 e. The fraction of sp³-hybridized carbons (Fsp3) is 0.391. The summed E-state index contributed by atoms with van der Waals surface area (Å²) in [4.78, 5) is 27.5. The Hall–Kier alpha value is -3.41. The third kappa shape index (κ3) is 5.47. The number of carbonyl (C=O) groups is 1. The summed E-state index contributed by atoms with van der Waals surface area (Å²) >= 11 is 1.55. The van der Waals surface area contributed by atoms with Crippen LogP contribution in [0.3, 0.4) is 0 Å². The molecule has 1 aromatic carbocycles. The van der Waals surface area contributed by atoms with Gasteiger partial charge in [0.1, 0.15) is 11.4 Å². The van der Waals surface area contributed by atoms with E-state index in [2.05, 4.69) is 20.8 Å². The first-order chi connectivity index (χ1) is 16.6. The molecule has 1 amide bonds. The number of hydrogen-bond donors (Lipinski definition) is 2. The number of nitrogens with zero attached hydrogens (tertiary/aromatic N) is 3. The van der Waals surface area contributed by atoms with Crippen LogP contribution in [0.2, 0.25) is 0 Å². The molecular formula is C23H24F3N5O3S. The summed E-state index contributed by atoms with van der Waals surface area (Å²) in [6.45, 7) is 3.87. The summed E-state index contributed by atoms with van der Waals surface area (Å²) in [5.41, 5.74) is 0.147. The van der Waals surface area contributed by atoms with E-state index in [-0.39, 0.29) is 18.7 Å².